The van der Waals surface area contributed by atoms with Gasteiger partial charge in [-0.25, -0.2) is 4.99 Å². The van der Waals surface area contributed by atoms with Crippen molar-refractivity contribution in [1.29, 1.82) is 0 Å². The summed E-state index contributed by atoms with van der Waals surface area (Å²) in [4.78, 5) is 16.5. The molecule has 0 aromatic heterocycles. The summed E-state index contributed by atoms with van der Waals surface area (Å²) in [5.41, 5.74) is 1.02. The zero-order chi connectivity index (χ0) is 18.9. The van der Waals surface area contributed by atoms with E-state index in [4.69, 9.17) is 11.6 Å². The maximum absolute atomic E-state index is 12.8. The van der Waals surface area contributed by atoms with Crippen LogP contribution in [-0.4, -0.2) is 11.1 Å². The minimum Gasteiger partial charge on any atom is -0.300 e. The fraction of sp³-hybridized carbons (Fsp3) is 0.111. The summed E-state index contributed by atoms with van der Waals surface area (Å²) in [5.74, 6) is -0.363. The quantitative estimate of drug-likeness (QED) is 0.675. The van der Waals surface area contributed by atoms with Crippen molar-refractivity contribution in [2.45, 2.75) is 13.1 Å². The Balaban J connectivity index is 1.88. The molecule has 1 N–H and O–H groups in total. The summed E-state index contributed by atoms with van der Waals surface area (Å²) in [6, 6.07) is 10.4. The number of amides is 1. The van der Waals surface area contributed by atoms with Crippen LogP contribution >= 0.6 is 23.4 Å². The van der Waals surface area contributed by atoms with Crippen LogP contribution in [0.3, 0.4) is 0 Å². The first-order chi connectivity index (χ1) is 12.2. The van der Waals surface area contributed by atoms with Crippen molar-refractivity contribution in [3.63, 3.8) is 0 Å². The summed E-state index contributed by atoms with van der Waals surface area (Å²) >= 11 is 6.98. The number of nitrogens with one attached hydrogen (secondary N) is 1. The Kier molecular flexibility index (Phi) is 5.11. The monoisotopic (exact) mass is 396 g/mol. The highest BCUT2D eigenvalue weighted by atomic mass is 35.5. The number of hydrogen-bond donors (Lipinski definition) is 1. The van der Waals surface area contributed by atoms with Gasteiger partial charge in [0.15, 0.2) is 5.17 Å². The van der Waals surface area contributed by atoms with Crippen molar-refractivity contribution in [3.8, 4) is 0 Å². The van der Waals surface area contributed by atoms with Crippen LogP contribution in [0, 0.1) is 6.92 Å². The fourth-order valence-corrected chi connectivity index (χ4v) is 3.17. The SMILES string of the molecule is Cc1ccc(C=C2SC(=Nc3cc(C(F)(F)F)ccc3Cl)NC2=O)cc1. The van der Waals surface area contributed by atoms with Gasteiger partial charge in [0.1, 0.15) is 0 Å². The summed E-state index contributed by atoms with van der Waals surface area (Å²) in [6.45, 7) is 1.96. The summed E-state index contributed by atoms with van der Waals surface area (Å²) < 4.78 is 38.5. The van der Waals surface area contributed by atoms with Crippen LogP contribution in [0.15, 0.2) is 52.4 Å². The summed E-state index contributed by atoms with van der Waals surface area (Å²) in [5, 5.41) is 2.78. The predicted octanol–water partition coefficient (Wildman–Crippen LogP) is 5.56. The molecule has 1 aliphatic rings. The van der Waals surface area contributed by atoms with Gasteiger partial charge in [-0.2, -0.15) is 13.2 Å². The van der Waals surface area contributed by atoms with Gasteiger partial charge in [0.2, 0.25) is 0 Å². The van der Waals surface area contributed by atoms with Crippen LogP contribution < -0.4 is 5.32 Å². The van der Waals surface area contributed by atoms with Crippen molar-refractivity contribution in [2.24, 2.45) is 4.99 Å². The lowest BCUT2D eigenvalue weighted by Gasteiger charge is -2.08. The standard InChI is InChI=1S/C18H12ClF3N2OS/c1-10-2-4-11(5-3-10)8-15-16(25)24-17(26-15)23-14-9-12(18(20,21)22)6-7-13(14)19/h2-9H,1H3,(H,23,24,25). The second kappa shape index (κ2) is 7.17. The fourth-order valence-electron chi connectivity index (χ4n) is 2.18. The number of rotatable bonds is 2. The Morgan fingerprint density at radius 3 is 2.50 bits per heavy atom. The number of hydrogen-bond acceptors (Lipinski definition) is 3. The topological polar surface area (TPSA) is 41.5 Å². The largest absolute Gasteiger partial charge is 0.416 e. The van der Waals surface area contributed by atoms with E-state index in [0.29, 0.717) is 4.91 Å². The number of nitrogens with zero attached hydrogens (tertiary/aromatic N) is 1. The van der Waals surface area contributed by atoms with Gasteiger partial charge in [-0.15, -0.1) is 0 Å². The molecular weight excluding hydrogens is 385 g/mol. The molecule has 1 amide bonds. The lowest BCUT2D eigenvalue weighted by molar-refractivity contribution is -0.137. The van der Waals surface area contributed by atoms with E-state index >= 15 is 0 Å². The molecule has 0 spiro atoms. The number of amidine groups is 1. The molecule has 2 aromatic carbocycles. The molecule has 1 fully saturated rings. The van der Waals surface area contributed by atoms with Crippen molar-refractivity contribution < 1.29 is 18.0 Å². The van der Waals surface area contributed by atoms with Gasteiger partial charge in [0.05, 0.1) is 21.2 Å². The number of aryl methyl sites for hydroxylation is 1. The molecule has 8 heteroatoms. The van der Waals surface area contributed by atoms with Gasteiger partial charge in [0, 0.05) is 0 Å². The van der Waals surface area contributed by atoms with Crippen LogP contribution in [0.4, 0.5) is 18.9 Å². The summed E-state index contributed by atoms with van der Waals surface area (Å²) in [6.07, 6.45) is -2.81. The first-order valence-corrected chi connectivity index (χ1v) is 8.65. The smallest absolute Gasteiger partial charge is 0.300 e. The normalized spacial score (nSPS) is 17.8. The average Bonchev–Trinajstić information content (AvgIpc) is 2.90. The van der Waals surface area contributed by atoms with Crippen LogP contribution in [-0.2, 0) is 11.0 Å². The highest BCUT2D eigenvalue weighted by Gasteiger charge is 2.31. The Morgan fingerprint density at radius 2 is 1.85 bits per heavy atom. The maximum atomic E-state index is 12.8. The third-order valence-corrected chi connectivity index (χ3v) is 4.75. The molecule has 0 bridgehead atoms. The molecule has 2 aromatic rings. The molecule has 1 aliphatic heterocycles. The summed E-state index contributed by atoms with van der Waals surface area (Å²) in [7, 11) is 0. The number of halogens is 4. The predicted molar refractivity (Wildman–Crippen MR) is 98.4 cm³/mol. The van der Waals surface area contributed by atoms with E-state index in [2.05, 4.69) is 10.3 Å². The Labute approximate surface area is 157 Å². The third-order valence-electron chi connectivity index (χ3n) is 3.52. The van der Waals surface area contributed by atoms with Crippen LogP contribution in [0.2, 0.25) is 5.02 Å². The van der Waals surface area contributed by atoms with Crippen molar-refractivity contribution in [1.82, 2.24) is 5.32 Å². The van der Waals surface area contributed by atoms with Gasteiger partial charge < -0.3 is 5.32 Å². The van der Waals surface area contributed by atoms with Crippen LogP contribution in [0.1, 0.15) is 16.7 Å². The number of carbonyl (C=O) groups is 1. The van der Waals surface area contributed by atoms with E-state index in [1.54, 1.807) is 6.08 Å². The maximum Gasteiger partial charge on any atom is 0.416 e. The average molecular weight is 397 g/mol. The second-order valence-electron chi connectivity index (χ2n) is 5.56. The van der Waals surface area contributed by atoms with E-state index in [9.17, 15) is 18.0 Å². The number of alkyl halides is 3. The van der Waals surface area contributed by atoms with Crippen LogP contribution in [0.5, 0.6) is 0 Å². The van der Waals surface area contributed by atoms with Gasteiger partial charge in [-0.1, -0.05) is 41.4 Å². The van der Waals surface area contributed by atoms with E-state index < -0.39 is 11.7 Å². The van der Waals surface area contributed by atoms with Crippen molar-refractivity contribution >= 4 is 46.2 Å². The molecular formula is C18H12ClF3N2OS. The van der Waals surface area contributed by atoms with E-state index in [1.165, 1.54) is 0 Å². The van der Waals surface area contributed by atoms with E-state index in [1.807, 2.05) is 31.2 Å². The highest BCUT2D eigenvalue weighted by Crippen LogP contribution is 2.36. The highest BCUT2D eigenvalue weighted by molar-refractivity contribution is 8.18. The lowest BCUT2D eigenvalue weighted by Crippen LogP contribution is -2.19. The van der Waals surface area contributed by atoms with E-state index in [0.717, 1.165) is 41.1 Å². The van der Waals surface area contributed by atoms with Gasteiger partial charge in [-0.3, -0.25) is 4.79 Å². The number of benzene rings is 2. The molecule has 0 radical (unpaired) electrons. The van der Waals surface area contributed by atoms with Crippen molar-refractivity contribution in [2.75, 3.05) is 0 Å². The molecule has 1 saturated heterocycles. The number of thioether (sulfide) groups is 1. The molecule has 0 saturated carbocycles. The van der Waals surface area contributed by atoms with Gasteiger partial charge in [0.25, 0.3) is 5.91 Å². The second-order valence-corrected chi connectivity index (χ2v) is 6.99. The zero-order valence-corrected chi connectivity index (χ0v) is 15.0. The zero-order valence-electron chi connectivity index (χ0n) is 13.4. The minimum atomic E-state index is -4.50. The molecule has 1 heterocycles. The number of aliphatic imine (C=N–C) groups is 1. The lowest BCUT2D eigenvalue weighted by atomic mass is 10.1. The molecule has 0 atom stereocenters. The molecule has 134 valence electrons. The molecule has 0 aliphatic carbocycles. The van der Waals surface area contributed by atoms with E-state index in [-0.39, 0.29) is 21.8 Å². The third kappa shape index (κ3) is 4.28. The van der Waals surface area contributed by atoms with Crippen LogP contribution in [0.25, 0.3) is 6.08 Å². The first kappa shape index (κ1) is 18.5. The first-order valence-electron chi connectivity index (χ1n) is 7.45. The Bertz CT molecular complexity index is 921. The molecule has 0 unspecified atom stereocenters. The number of carbonyl (C=O) groups excluding carboxylic acids is 1. The van der Waals surface area contributed by atoms with Gasteiger partial charge in [-0.05, 0) is 48.5 Å². The minimum absolute atomic E-state index is 0.0547. The Morgan fingerprint density at radius 1 is 1.15 bits per heavy atom. The molecule has 3 rings (SSSR count). The molecule has 3 nitrogen and oxygen atoms in total. The Hall–Kier alpha value is -2.25. The van der Waals surface area contributed by atoms with Gasteiger partial charge >= 0.3 is 6.18 Å². The molecule has 26 heavy (non-hydrogen) atoms. The van der Waals surface area contributed by atoms with Crippen molar-refractivity contribution in [3.05, 3.63) is 69.1 Å².